The van der Waals surface area contributed by atoms with Crippen LogP contribution in [0.25, 0.3) is 5.57 Å². The largest absolute Gasteiger partial charge is 0.346 e. The van der Waals surface area contributed by atoms with E-state index >= 15 is 0 Å². The molecule has 3 aromatic carbocycles. The Balaban J connectivity index is 1.29. The highest BCUT2D eigenvalue weighted by Gasteiger charge is 2.83. The van der Waals surface area contributed by atoms with E-state index in [0.29, 0.717) is 0 Å². The molecule has 10 rings (SSSR count). The second-order valence-corrected chi connectivity index (χ2v) is 13.0. The summed E-state index contributed by atoms with van der Waals surface area (Å²) in [5, 5.41) is 7.84. The molecule has 7 nitrogen and oxygen atoms in total. The Labute approximate surface area is 257 Å². The molecule has 0 N–H and O–H groups in total. The predicted molar refractivity (Wildman–Crippen MR) is 176 cm³/mol. The Bertz CT molecular complexity index is 2030. The summed E-state index contributed by atoms with van der Waals surface area (Å²) in [6.45, 7) is 6.71. The van der Waals surface area contributed by atoms with Crippen molar-refractivity contribution in [2.45, 2.75) is 51.4 Å². The molecular formula is C37H33N7. The number of para-hydroxylation sites is 2. The number of fused-ring (bicyclic) bond motifs is 9. The Kier molecular flexibility index (Phi) is 4.44. The average molecular weight is 576 g/mol. The maximum absolute atomic E-state index is 5.47. The number of hydrazone groups is 1. The standard InChI is InChI=1S/C37H33N7/c1-5-22(3)32-40-44-28-17-16-23-18-26(28)37(19-23)31(36(37,6-2)35(44)42(32)24-12-8-7-9-13-24)30-25-14-10-11-15-27(25)43-33-29(20-38-21-39-33)41(4)34(30)43/h5,7-18,20-21,34-35H,6,19H2,1-4H3/b22-5+,31-30-. The zero-order valence-electron chi connectivity index (χ0n) is 25.4. The van der Waals surface area contributed by atoms with E-state index in [1.807, 2.05) is 6.20 Å². The van der Waals surface area contributed by atoms with Crippen LogP contribution in [-0.2, 0) is 11.8 Å². The van der Waals surface area contributed by atoms with Gasteiger partial charge in [-0.1, -0.05) is 61.5 Å². The first-order valence-electron chi connectivity index (χ1n) is 15.7. The van der Waals surface area contributed by atoms with Crippen LogP contribution in [0.2, 0.25) is 0 Å². The molecule has 1 spiro atoms. The topological polar surface area (TPSA) is 51.1 Å². The molecule has 4 unspecified atom stereocenters. The molecule has 0 radical (unpaired) electrons. The van der Waals surface area contributed by atoms with Crippen molar-refractivity contribution in [2.24, 2.45) is 10.5 Å². The van der Waals surface area contributed by atoms with Crippen LogP contribution in [0, 0.1) is 5.41 Å². The number of amidine groups is 1. The van der Waals surface area contributed by atoms with Crippen molar-refractivity contribution in [3.63, 3.8) is 0 Å². The lowest BCUT2D eigenvalue weighted by atomic mass is 9.79. The van der Waals surface area contributed by atoms with Crippen molar-refractivity contribution in [2.75, 3.05) is 26.8 Å². The summed E-state index contributed by atoms with van der Waals surface area (Å²) in [5.41, 5.74) is 12.9. The van der Waals surface area contributed by atoms with Crippen LogP contribution < -0.4 is 19.7 Å². The summed E-state index contributed by atoms with van der Waals surface area (Å²) in [7, 11) is 2.20. The van der Waals surface area contributed by atoms with E-state index in [1.54, 1.807) is 11.9 Å². The molecule has 6 aliphatic rings. The van der Waals surface area contributed by atoms with Crippen LogP contribution in [-0.4, -0.2) is 35.2 Å². The van der Waals surface area contributed by atoms with Crippen LogP contribution >= 0.6 is 0 Å². The van der Waals surface area contributed by atoms with Gasteiger partial charge in [0, 0.05) is 34.7 Å². The van der Waals surface area contributed by atoms with Gasteiger partial charge in [-0.2, -0.15) is 5.10 Å². The smallest absolute Gasteiger partial charge is 0.162 e. The number of anilines is 5. The zero-order valence-corrected chi connectivity index (χ0v) is 25.4. The van der Waals surface area contributed by atoms with E-state index < -0.39 is 0 Å². The molecule has 4 aliphatic heterocycles. The minimum absolute atomic E-state index is 0.0200. The molecule has 2 bridgehead atoms. The van der Waals surface area contributed by atoms with E-state index in [2.05, 4.69) is 131 Å². The van der Waals surface area contributed by atoms with Gasteiger partial charge >= 0.3 is 0 Å². The van der Waals surface area contributed by atoms with Gasteiger partial charge in [0.25, 0.3) is 0 Å². The normalized spacial score (nSPS) is 29.8. The number of aromatic nitrogens is 2. The quantitative estimate of drug-likeness (QED) is 0.262. The van der Waals surface area contributed by atoms with Crippen LogP contribution in [0.15, 0.2) is 108 Å². The third-order valence-corrected chi connectivity index (χ3v) is 11.4. The number of hydrogen-bond donors (Lipinski definition) is 0. The van der Waals surface area contributed by atoms with Crippen LogP contribution in [0.3, 0.4) is 0 Å². The Hall–Kier alpha value is -4.91. The molecular weight excluding hydrogens is 542 g/mol. The summed E-state index contributed by atoms with van der Waals surface area (Å²) in [4.78, 5) is 16.6. The highest BCUT2D eigenvalue weighted by Crippen LogP contribution is 2.83. The SMILES string of the molecule is C/C=C(\C)C1=NN2c3ccc4cc3C3(C4)/C(=C4/c5ccccc5N5c6ncncc6N(C)C45)C3(CC)C2N1c1ccccc1. The molecule has 0 saturated heterocycles. The highest BCUT2D eigenvalue weighted by atomic mass is 15.6. The third kappa shape index (κ3) is 2.50. The Morgan fingerprint density at radius 2 is 1.80 bits per heavy atom. The van der Waals surface area contributed by atoms with Gasteiger partial charge in [0.2, 0.25) is 0 Å². The molecule has 1 aromatic heterocycles. The minimum atomic E-state index is -0.148. The van der Waals surface area contributed by atoms with Crippen molar-refractivity contribution < 1.29 is 0 Å². The molecule has 2 aliphatic carbocycles. The highest BCUT2D eigenvalue weighted by molar-refractivity contribution is 6.13. The lowest BCUT2D eigenvalue weighted by Crippen LogP contribution is -2.53. The molecule has 4 aromatic rings. The number of benzene rings is 3. The first-order valence-corrected chi connectivity index (χ1v) is 15.7. The first-order chi connectivity index (χ1) is 21.6. The van der Waals surface area contributed by atoms with E-state index in [-0.39, 0.29) is 23.2 Å². The number of likely N-dealkylation sites (N-methyl/N-ethyl adjacent to an activating group) is 1. The summed E-state index contributed by atoms with van der Waals surface area (Å²) < 4.78 is 0. The van der Waals surface area contributed by atoms with E-state index in [9.17, 15) is 0 Å². The molecule has 44 heavy (non-hydrogen) atoms. The van der Waals surface area contributed by atoms with Gasteiger partial charge in [-0.25, -0.2) is 15.0 Å². The Morgan fingerprint density at radius 3 is 2.61 bits per heavy atom. The number of allylic oxidation sites excluding steroid dienone is 1. The summed E-state index contributed by atoms with van der Waals surface area (Å²) in [6, 6.07) is 27.0. The van der Waals surface area contributed by atoms with Gasteiger partial charge in [-0.3, -0.25) is 4.90 Å². The second kappa shape index (κ2) is 7.97. The van der Waals surface area contributed by atoms with Crippen LogP contribution in [0.4, 0.5) is 28.6 Å². The van der Waals surface area contributed by atoms with Gasteiger partial charge < -0.3 is 9.80 Å². The molecule has 1 fully saturated rings. The number of rotatable bonds is 3. The summed E-state index contributed by atoms with van der Waals surface area (Å²) >= 11 is 0. The third-order valence-electron chi connectivity index (χ3n) is 11.4. The van der Waals surface area contributed by atoms with Gasteiger partial charge in [-0.15, -0.1) is 0 Å². The summed E-state index contributed by atoms with van der Waals surface area (Å²) in [5.74, 6) is 2.02. The van der Waals surface area contributed by atoms with Crippen molar-refractivity contribution >= 4 is 40.0 Å². The second-order valence-electron chi connectivity index (χ2n) is 13.0. The maximum Gasteiger partial charge on any atom is 0.162 e. The lowest BCUT2D eigenvalue weighted by Gasteiger charge is -2.43. The fourth-order valence-electron chi connectivity index (χ4n) is 9.62. The maximum atomic E-state index is 5.47. The van der Waals surface area contributed by atoms with E-state index in [1.165, 1.54) is 44.9 Å². The molecule has 4 atom stereocenters. The van der Waals surface area contributed by atoms with Crippen molar-refractivity contribution in [3.05, 3.63) is 119 Å². The van der Waals surface area contributed by atoms with Crippen LogP contribution in [0.1, 0.15) is 43.9 Å². The molecule has 7 heteroatoms. The van der Waals surface area contributed by atoms with Gasteiger partial charge in [0.15, 0.2) is 11.7 Å². The predicted octanol–water partition coefficient (Wildman–Crippen LogP) is 7.01. The zero-order chi connectivity index (χ0) is 29.5. The molecule has 216 valence electrons. The lowest BCUT2D eigenvalue weighted by molar-refractivity contribution is 0.318. The molecule has 5 heterocycles. The average Bonchev–Trinajstić information content (AvgIpc) is 3.50. The van der Waals surface area contributed by atoms with Gasteiger partial charge in [0.1, 0.15) is 24.3 Å². The minimum Gasteiger partial charge on any atom is -0.346 e. The van der Waals surface area contributed by atoms with E-state index in [4.69, 9.17) is 10.1 Å². The van der Waals surface area contributed by atoms with Gasteiger partial charge in [0.05, 0.1) is 17.6 Å². The van der Waals surface area contributed by atoms with E-state index in [0.717, 1.165) is 30.2 Å². The number of hydrogen-bond acceptors (Lipinski definition) is 7. The van der Waals surface area contributed by atoms with Crippen molar-refractivity contribution in [1.82, 2.24) is 9.97 Å². The first kappa shape index (κ1) is 24.5. The van der Waals surface area contributed by atoms with Gasteiger partial charge in [-0.05, 0) is 73.2 Å². The number of nitrogens with zero attached hydrogens (tertiary/aromatic N) is 7. The fraction of sp³-hybridized carbons (Fsp3) is 0.270. The molecule has 1 saturated carbocycles. The van der Waals surface area contributed by atoms with Crippen LogP contribution in [0.5, 0.6) is 0 Å². The fourth-order valence-corrected chi connectivity index (χ4v) is 9.62. The monoisotopic (exact) mass is 575 g/mol. The summed E-state index contributed by atoms with van der Waals surface area (Å²) in [6.07, 6.45) is 7.92. The Morgan fingerprint density at radius 1 is 0.977 bits per heavy atom. The molecule has 0 amide bonds. The van der Waals surface area contributed by atoms with Crippen molar-refractivity contribution in [3.8, 4) is 0 Å². The van der Waals surface area contributed by atoms with Crippen molar-refractivity contribution in [1.29, 1.82) is 0 Å².